The summed E-state index contributed by atoms with van der Waals surface area (Å²) in [4.78, 5) is 11.8. The van der Waals surface area contributed by atoms with Crippen molar-refractivity contribution < 1.29 is 17.9 Å². The van der Waals surface area contributed by atoms with Crippen molar-refractivity contribution in [2.45, 2.75) is 18.9 Å². The van der Waals surface area contributed by atoms with Crippen molar-refractivity contribution in [3.8, 4) is 5.69 Å². The number of para-hydroxylation sites is 1. The van der Waals surface area contributed by atoms with Gasteiger partial charge in [0.1, 0.15) is 5.56 Å². The maximum atomic E-state index is 11.8. The molecular formula is C13H13ClN2O4S. The number of benzene rings is 1. The van der Waals surface area contributed by atoms with Gasteiger partial charge >= 0.3 is 5.97 Å². The molecule has 0 atom stereocenters. The Kier molecular flexibility index (Phi) is 4.34. The summed E-state index contributed by atoms with van der Waals surface area (Å²) < 4.78 is 29.6. The van der Waals surface area contributed by atoms with Gasteiger partial charge in [0.25, 0.3) is 9.05 Å². The van der Waals surface area contributed by atoms with Gasteiger partial charge in [-0.05, 0) is 25.5 Å². The zero-order valence-electron chi connectivity index (χ0n) is 11.4. The highest BCUT2D eigenvalue weighted by atomic mass is 35.7. The lowest BCUT2D eigenvalue weighted by Crippen LogP contribution is -2.12. The van der Waals surface area contributed by atoms with E-state index in [1.54, 1.807) is 32.0 Å². The van der Waals surface area contributed by atoms with Crippen LogP contribution in [0.1, 0.15) is 22.8 Å². The smallest absolute Gasteiger partial charge is 0.342 e. The molecule has 6 nitrogen and oxygen atoms in total. The Balaban J connectivity index is 2.70. The molecule has 0 aliphatic carbocycles. The first-order valence-electron chi connectivity index (χ1n) is 6.12. The van der Waals surface area contributed by atoms with Gasteiger partial charge < -0.3 is 4.74 Å². The highest BCUT2D eigenvalue weighted by Crippen LogP contribution is 2.25. The summed E-state index contributed by atoms with van der Waals surface area (Å²) in [5.41, 5.74) is 1.12. The first-order valence-corrected chi connectivity index (χ1v) is 8.43. The molecule has 2 rings (SSSR count). The van der Waals surface area contributed by atoms with Gasteiger partial charge in [0.2, 0.25) is 0 Å². The van der Waals surface area contributed by atoms with Crippen molar-refractivity contribution in [1.82, 2.24) is 9.78 Å². The van der Waals surface area contributed by atoms with Crippen molar-refractivity contribution in [2.24, 2.45) is 0 Å². The molecule has 0 aliphatic heterocycles. The molecule has 1 aromatic heterocycles. The number of esters is 1. The Bertz CT molecular complexity index is 783. The molecule has 0 saturated heterocycles. The van der Waals surface area contributed by atoms with Crippen LogP contribution >= 0.6 is 10.7 Å². The van der Waals surface area contributed by atoms with E-state index < -0.39 is 20.0 Å². The molecule has 0 aliphatic rings. The molecule has 1 aromatic carbocycles. The summed E-state index contributed by atoms with van der Waals surface area (Å²) in [5, 5.41) is 3.58. The number of nitrogens with zero attached hydrogens (tertiary/aromatic N) is 2. The Morgan fingerprint density at radius 1 is 1.38 bits per heavy atom. The second-order valence-electron chi connectivity index (χ2n) is 4.22. The average Bonchev–Trinajstić information content (AvgIpc) is 2.84. The minimum atomic E-state index is -4.18. The normalized spacial score (nSPS) is 11.4. The van der Waals surface area contributed by atoms with Crippen LogP contribution in [0.15, 0.2) is 35.5 Å². The van der Waals surface area contributed by atoms with Gasteiger partial charge in [0, 0.05) is 10.7 Å². The van der Waals surface area contributed by atoms with Gasteiger partial charge in [-0.15, -0.1) is 0 Å². The van der Waals surface area contributed by atoms with E-state index in [0.717, 1.165) is 16.4 Å². The summed E-state index contributed by atoms with van der Waals surface area (Å²) in [7, 11) is 1.28. The minimum Gasteiger partial charge on any atom is -0.462 e. The molecule has 0 saturated carbocycles. The van der Waals surface area contributed by atoms with Crippen LogP contribution in [0.3, 0.4) is 0 Å². The van der Waals surface area contributed by atoms with E-state index in [-0.39, 0.29) is 12.2 Å². The van der Waals surface area contributed by atoms with E-state index in [1.165, 1.54) is 0 Å². The third kappa shape index (κ3) is 3.08. The molecule has 21 heavy (non-hydrogen) atoms. The van der Waals surface area contributed by atoms with Crippen molar-refractivity contribution in [1.29, 1.82) is 0 Å². The van der Waals surface area contributed by atoms with Crippen LogP contribution in [0.5, 0.6) is 0 Å². The average molecular weight is 329 g/mol. The second kappa shape index (κ2) is 5.87. The third-order valence-electron chi connectivity index (χ3n) is 2.80. The van der Waals surface area contributed by atoms with E-state index in [1.807, 2.05) is 6.07 Å². The van der Waals surface area contributed by atoms with Crippen molar-refractivity contribution in [3.05, 3.63) is 41.6 Å². The van der Waals surface area contributed by atoms with Crippen LogP contribution in [0, 0.1) is 6.92 Å². The van der Waals surface area contributed by atoms with E-state index in [9.17, 15) is 13.2 Å². The summed E-state index contributed by atoms with van der Waals surface area (Å²) in [6, 6.07) is 7.02. The molecule has 1 heterocycles. The first-order chi connectivity index (χ1) is 9.86. The van der Waals surface area contributed by atoms with E-state index >= 15 is 0 Å². The van der Waals surface area contributed by atoms with Crippen LogP contribution in [-0.4, -0.2) is 30.8 Å². The number of rotatable bonds is 4. The number of carbonyl (C=O) groups excluding carboxylic acids is 1. The van der Waals surface area contributed by atoms with Gasteiger partial charge in [-0.3, -0.25) is 0 Å². The first kappa shape index (κ1) is 15.5. The van der Waals surface area contributed by atoms with Gasteiger partial charge in [-0.1, -0.05) is 18.2 Å². The predicted molar refractivity (Wildman–Crippen MR) is 77.3 cm³/mol. The standard InChI is InChI=1S/C13H13ClN2O4S/c1-3-20-13(17)10-8-15-16(12(10)21(14,18)19)11-7-5-4-6-9(11)2/h4-8H,3H2,1-2H3. The lowest BCUT2D eigenvalue weighted by Gasteiger charge is -2.09. The fourth-order valence-electron chi connectivity index (χ4n) is 1.89. The number of halogens is 1. The molecule has 8 heteroatoms. The molecule has 0 amide bonds. The van der Waals surface area contributed by atoms with E-state index in [0.29, 0.717) is 5.69 Å². The zero-order chi connectivity index (χ0) is 15.6. The van der Waals surface area contributed by atoms with Crippen LogP contribution in [0.2, 0.25) is 0 Å². The number of hydrogen-bond acceptors (Lipinski definition) is 5. The van der Waals surface area contributed by atoms with Crippen LogP contribution in [-0.2, 0) is 13.8 Å². The summed E-state index contributed by atoms with van der Waals surface area (Å²) in [5.74, 6) is -0.781. The Morgan fingerprint density at radius 2 is 2.05 bits per heavy atom. The quantitative estimate of drug-likeness (QED) is 0.635. The SMILES string of the molecule is CCOC(=O)c1cnn(-c2ccccc2C)c1S(=O)(=O)Cl. The topological polar surface area (TPSA) is 78.3 Å². The molecule has 0 N–H and O–H groups in total. The summed E-state index contributed by atoms with van der Waals surface area (Å²) >= 11 is 0. The van der Waals surface area contributed by atoms with Crippen LogP contribution in [0.4, 0.5) is 0 Å². The molecule has 2 aromatic rings. The Hall–Kier alpha value is -1.86. The van der Waals surface area contributed by atoms with E-state index in [2.05, 4.69) is 5.10 Å². The van der Waals surface area contributed by atoms with Crippen molar-refractivity contribution in [2.75, 3.05) is 6.61 Å². The lowest BCUT2D eigenvalue weighted by atomic mass is 10.2. The van der Waals surface area contributed by atoms with Gasteiger partial charge in [0.15, 0.2) is 5.03 Å². The maximum absolute atomic E-state index is 11.8. The molecule has 0 unspecified atom stereocenters. The highest BCUT2D eigenvalue weighted by Gasteiger charge is 2.28. The molecule has 0 fully saturated rings. The number of aryl methyl sites for hydroxylation is 1. The Morgan fingerprint density at radius 3 is 2.62 bits per heavy atom. The van der Waals surface area contributed by atoms with E-state index in [4.69, 9.17) is 15.4 Å². The lowest BCUT2D eigenvalue weighted by molar-refractivity contribution is 0.0521. The largest absolute Gasteiger partial charge is 0.462 e. The number of carbonyl (C=O) groups is 1. The fraction of sp³-hybridized carbons (Fsp3) is 0.231. The van der Waals surface area contributed by atoms with Crippen molar-refractivity contribution >= 4 is 25.7 Å². The zero-order valence-corrected chi connectivity index (χ0v) is 13.0. The third-order valence-corrected chi connectivity index (χ3v) is 4.09. The number of aromatic nitrogens is 2. The van der Waals surface area contributed by atoms with Crippen LogP contribution < -0.4 is 0 Å². The molecule has 0 radical (unpaired) electrons. The predicted octanol–water partition coefficient (Wildman–Crippen LogP) is 2.28. The number of ether oxygens (including phenoxy) is 1. The van der Waals surface area contributed by atoms with Gasteiger partial charge in [0.05, 0.1) is 18.5 Å². The van der Waals surface area contributed by atoms with Gasteiger partial charge in [-0.25, -0.2) is 17.9 Å². The highest BCUT2D eigenvalue weighted by molar-refractivity contribution is 8.13. The van der Waals surface area contributed by atoms with Crippen molar-refractivity contribution in [3.63, 3.8) is 0 Å². The van der Waals surface area contributed by atoms with Crippen LogP contribution in [0.25, 0.3) is 5.69 Å². The Labute approximate surface area is 126 Å². The summed E-state index contributed by atoms with van der Waals surface area (Å²) in [6.07, 6.45) is 1.14. The summed E-state index contributed by atoms with van der Waals surface area (Å²) in [6.45, 7) is 3.54. The molecule has 0 spiro atoms. The number of hydrogen-bond donors (Lipinski definition) is 0. The monoisotopic (exact) mass is 328 g/mol. The molecule has 112 valence electrons. The molecular weight excluding hydrogens is 316 g/mol. The van der Waals surface area contributed by atoms with Gasteiger partial charge in [-0.2, -0.15) is 5.10 Å². The fourth-order valence-corrected chi connectivity index (χ4v) is 3.09. The minimum absolute atomic E-state index is 0.121. The maximum Gasteiger partial charge on any atom is 0.342 e. The second-order valence-corrected chi connectivity index (χ2v) is 6.70. The molecule has 0 bridgehead atoms.